The summed E-state index contributed by atoms with van der Waals surface area (Å²) in [5, 5.41) is 23.3. The summed E-state index contributed by atoms with van der Waals surface area (Å²) in [6.07, 6.45) is -2.86. The van der Waals surface area contributed by atoms with E-state index in [-0.39, 0.29) is 20.7 Å². The molecule has 1 aliphatic rings. The molecule has 0 unspecified atom stereocenters. The highest BCUT2D eigenvalue weighted by Crippen LogP contribution is 2.43. The third kappa shape index (κ3) is 9.62. The van der Waals surface area contributed by atoms with Gasteiger partial charge in [-0.05, 0) is 78.7 Å². The number of carbonyl (C=O) groups is 1. The van der Waals surface area contributed by atoms with Crippen LogP contribution >= 0.6 is 0 Å². The number of carbonyl (C=O) groups excluding carboxylic acids is 1. The maximum absolute atomic E-state index is 13.7. The molecule has 0 aliphatic heterocycles. The summed E-state index contributed by atoms with van der Waals surface area (Å²) in [4.78, 5) is 13.7. The smallest absolute Gasteiger partial charge is 0.338 e. The average Bonchev–Trinajstić information content (AvgIpc) is 2.88. The van der Waals surface area contributed by atoms with Gasteiger partial charge in [0.2, 0.25) is 0 Å². The van der Waals surface area contributed by atoms with Gasteiger partial charge in [-0.2, -0.15) is 0 Å². The maximum Gasteiger partial charge on any atom is 0.338 e. The van der Waals surface area contributed by atoms with E-state index in [1.165, 1.54) is 0 Å². The van der Waals surface area contributed by atoms with E-state index in [4.69, 9.17) is 22.8 Å². The topological polar surface area (TPSA) is 104 Å². The zero-order valence-electron chi connectivity index (χ0n) is 30.8. The minimum Gasteiger partial charge on any atom is -0.497 e. The van der Waals surface area contributed by atoms with Crippen LogP contribution in [-0.4, -0.2) is 84.9 Å². The first-order valence-electron chi connectivity index (χ1n) is 16.1. The van der Waals surface area contributed by atoms with Crippen LogP contribution in [0.4, 0.5) is 0 Å². The summed E-state index contributed by atoms with van der Waals surface area (Å²) in [7, 11) is -5.80. The molecule has 0 amide bonds. The maximum atomic E-state index is 13.7. The van der Waals surface area contributed by atoms with Crippen molar-refractivity contribution in [1.82, 2.24) is 0 Å². The van der Waals surface area contributed by atoms with Gasteiger partial charge < -0.3 is 33.0 Å². The normalized spacial score (nSPS) is 26.5. The standard InChI is InChI=1S/C34H62O8Si3/c1-32(2,3)43(11,12)40-25-21-22-26(41-44(13,14)33(4,5)6)29(42-45(15,16)34(7,8)9)30(28(36)27(25)35)39-31(37)23-17-19-24(38-10)20-18-23/h17-22,25-30,35-36H,1-16H3/b22-21-/t25-,26-,27+,28+,29+,30-/m1/s1. The Bertz CT molecular complexity index is 1160. The van der Waals surface area contributed by atoms with Gasteiger partial charge in [0.15, 0.2) is 31.1 Å². The van der Waals surface area contributed by atoms with Crippen molar-refractivity contribution in [3.05, 3.63) is 42.0 Å². The number of rotatable bonds is 9. The van der Waals surface area contributed by atoms with Crippen LogP contribution in [0, 0.1) is 0 Å². The van der Waals surface area contributed by atoms with Crippen LogP contribution in [0.3, 0.4) is 0 Å². The molecule has 258 valence electrons. The van der Waals surface area contributed by atoms with Crippen molar-refractivity contribution in [2.75, 3.05) is 7.11 Å². The van der Waals surface area contributed by atoms with E-state index in [1.54, 1.807) is 31.4 Å². The number of hydrogen-bond donors (Lipinski definition) is 2. The molecule has 2 rings (SSSR count). The lowest BCUT2D eigenvalue weighted by atomic mass is 9.92. The second-order valence-electron chi connectivity index (χ2n) is 17.0. The van der Waals surface area contributed by atoms with Crippen molar-refractivity contribution in [3.8, 4) is 5.75 Å². The summed E-state index contributed by atoms with van der Waals surface area (Å²) in [6.45, 7) is 32.0. The lowest BCUT2D eigenvalue weighted by molar-refractivity contribution is -0.142. The molecule has 8 nitrogen and oxygen atoms in total. The van der Waals surface area contributed by atoms with E-state index in [0.29, 0.717) is 5.75 Å². The molecule has 1 aliphatic carbocycles. The number of hydrogen-bond acceptors (Lipinski definition) is 8. The molecule has 0 fully saturated rings. The molecule has 11 heteroatoms. The summed E-state index contributed by atoms with van der Waals surface area (Å²) >= 11 is 0. The van der Waals surface area contributed by atoms with Crippen molar-refractivity contribution in [2.45, 2.75) is 153 Å². The van der Waals surface area contributed by atoms with E-state index in [1.807, 2.05) is 12.2 Å². The minimum atomic E-state index is -2.53. The first kappa shape index (κ1) is 39.9. The Morgan fingerprint density at radius 1 is 0.622 bits per heavy atom. The third-order valence-electron chi connectivity index (χ3n) is 10.4. The Morgan fingerprint density at radius 2 is 1.02 bits per heavy atom. The summed E-state index contributed by atoms with van der Waals surface area (Å²) < 4.78 is 32.2. The zero-order valence-corrected chi connectivity index (χ0v) is 33.8. The van der Waals surface area contributed by atoms with Crippen LogP contribution in [0.1, 0.15) is 72.7 Å². The molecular weight excluding hydrogens is 621 g/mol. The molecule has 1 aromatic carbocycles. The Morgan fingerprint density at radius 3 is 1.44 bits per heavy atom. The molecule has 45 heavy (non-hydrogen) atoms. The Hall–Kier alpha value is -1.32. The minimum absolute atomic E-state index is 0.130. The second-order valence-corrected chi connectivity index (χ2v) is 31.3. The van der Waals surface area contributed by atoms with E-state index in [9.17, 15) is 15.0 Å². The van der Waals surface area contributed by atoms with Gasteiger partial charge in [-0.25, -0.2) is 4.79 Å². The van der Waals surface area contributed by atoms with Gasteiger partial charge in [0.05, 0.1) is 24.9 Å². The highest BCUT2D eigenvalue weighted by Gasteiger charge is 2.52. The van der Waals surface area contributed by atoms with Crippen LogP contribution in [-0.2, 0) is 18.0 Å². The fourth-order valence-corrected chi connectivity index (χ4v) is 7.97. The van der Waals surface area contributed by atoms with E-state index in [2.05, 4.69) is 102 Å². The number of aliphatic hydroxyl groups is 2. The third-order valence-corrected chi connectivity index (χ3v) is 23.9. The summed E-state index contributed by atoms with van der Waals surface area (Å²) in [5.41, 5.74) is 0.289. The van der Waals surface area contributed by atoms with Crippen LogP contribution in [0.2, 0.25) is 54.4 Å². The number of benzene rings is 1. The molecule has 0 spiro atoms. The highest BCUT2D eigenvalue weighted by atomic mass is 28.4. The molecule has 0 bridgehead atoms. The molecule has 0 saturated carbocycles. The first-order valence-corrected chi connectivity index (χ1v) is 24.8. The number of esters is 1. The van der Waals surface area contributed by atoms with E-state index < -0.39 is 67.5 Å². The average molecular weight is 683 g/mol. The molecule has 0 heterocycles. The van der Waals surface area contributed by atoms with Crippen molar-refractivity contribution in [3.63, 3.8) is 0 Å². The highest BCUT2D eigenvalue weighted by molar-refractivity contribution is 6.75. The molecule has 0 saturated heterocycles. The predicted octanol–water partition coefficient (Wildman–Crippen LogP) is 7.68. The van der Waals surface area contributed by atoms with Gasteiger partial charge in [0.25, 0.3) is 0 Å². The SMILES string of the molecule is COc1ccc(C(=O)O[C@@H]2[C@@H](O)[C@@H](O)[C@H](O[Si](C)(C)C(C)(C)C)/C=C\[C@@H](O[Si](C)(C)C(C)(C)C)[C@@H]2O[Si](C)(C)C(C)(C)C)cc1. The quantitative estimate of drug-likeness (QED) is 0.155. The van der Waals surface area contributed by atoms with Crippen LogP contribution in [0.25, 0.3) is 0 Å². The number of aliphatic hydroxyl groups excluding tert-OH is 2. The first-order chi connectivity index (χ1) is 20.1. The lowest BCUT2D eigenvalue weighted by Crippen LogP contribution is -2.62. The molecule has 6 atom stereocenters. The molecule has 2 N–H and O–H groups in total. The largest absolute Gasteiger partial charge is 0.497 e. The zero-order chi connectivity index (χ0) is 35.0. The fraction of sp³-hybridized carbons (Fsp3) is 0.735. The molecular formula is C34H62O8Si3. The van der Waals surface area contributed by atoms with E-state index >= 15 is 0 Å². The lowest BCUT2D eigenvalue weighted by Gasteiger charge is -2.48. The van der Waals surface area contributed by atoms with Crippen molar-refractivity contribution in [2.24, 2.45) is 0 Å². The second kappa shape index (κ2) is 14.0. The molecule has 0 aromatic heterocycles. The number of ether oxygens (including phenoxy) is 2. The van der Waals surface area contributed by atoms with Crippen molar-refractivity contribution < 1.29 is 37.8 Å². The Balaban J connectivity index is 2.78. The van der Waals surface area contributed by atoms with Gasteiger partial charge >= 0.3 is 5.97 Å². The van der Waals surface area contributed by atoms with Gasteiger partial charge in [0.1, 0.15) is 24.1 Å². The van der Waals surface area contributed by atoms with Gasteiger partial charge in [-0.15, -0.1) is 0 Å². The van der Waals surface area contributed by atoms with Crippen molar-refractivity contribution >= 4 is 30.9 Å². The monoisotopic (exact) mass is 682 g/mol. The van der Waals surface area contributed by atoms with Gasteiger partial charge in [-0.3, -0.25) is 0 Å². The molecule has 0 radical (unpaired) electrons. The van der Waals surface area contributed by atoms with Crippen LogP contribution in [0.15, 0.2) is 36.4 Å². The number of methoxy groups -OCH3 is 1. The van der Waals surface area contributed by atoms with Gasteiger partial charge in [-0.1, -0.05) is 74.5 Å². The van der Waals surface area contributed by atoms with E-state index in [0.717, 1.165) is 0 Å². The van der Waals surface area contributed by atoms with Crippen molar-refractivity contribution in [1.29, 1.82) is 0 Å². The Kier molecular flexibility index (Phi) is 12.4. The van der Waals surface area contributed by atoms with Crippen LogP contribution in [0.5, 0.6) is 5.75 Å². The predicted molar refractivity (Wildman–Crippen MR) is 190 cm³/mol. The van der Waals surface area contributed by atoms with Crippen LogP contribution < -0.4 is 4.74 Å². The summed E-state index contributed by atoms with van der Waals surface area (Å²) in [5.74, 6) is -0.0408. The van der Waals surface area contributed by atoms with Gasteiger partial charge in [0, 0.05) is 0 Å². The Labute approximate surface area is 276 Å². The summed E-state index contributed by atoms with van der Waals surface area (Å²) in [6, 6.07) is 6.59. The fourth-order valence-electron chi connectivity index (χ4n) is 4.17. The molecule has 1 aromatic rings.